The third-order valence-electron chi connectivity index (χ3n) is 4.31. The molecule has 0 aliphatic heterocycles. The van der Waals surface area contributed by atoms with Gasteiger partial charge in [-0.2, -0.15) is 5.21 Å². The van der Waals surface area contributed by atoms with Crippen LogP contribution in [0.4, 0.5) is 17.1 Å². The summed E-state index contributed by atoms with van der Waals surface area (Å²) in [6.07, 6.45) is 0. The average molecular weight is 341 g/mol. The van der Waals surface area contributed by atoms with Crippen molar-refractivity contribution in [3.8, 4) is 11.4 Å². The Morgan fingerprint density at radius 3 is 1.54 bits per heavy atom. The van der Waals surface area contributed by atoms with Crippen molar-refractivity contribution < 1.29 is 0 Å². The molecule has 3 aromatic carbocycles. The summed E-state index contributed by atoms with van der Waals surface area (Å²) in [4.78, 5) is 2.24. The molecule has 0 saturated heterocycles. The highest BCUT2D eigenvalue weighted by Crippen LogP contribution is 2.35. The van der Waals surface area contributed by atoms with Gasteiger partial charge >= 0.3 is 0 Å². The first-order chi connectivity index (χ1) is 12.7. The zero-order valence-electron chi connectivity index (χ0n) is 14.7. The van der Waals surface area contributed by atoms with Gasteiger partial charge in [0.05, 0.1) is 0 Å². The molecule has 5 heteroatoms. The lowest BCUT2D eigenvalue weighted by Gasteiger charge is -2.25. The molecule has 5 nitrogen and oxygen atoms in total. The third-order valence-corrected chi connectivity index (χ3v) is 4.31. The zero-order valence-corrected chi connectivity index (χ0v) is 14.7. The quantitative estimate of drug-likeness (QED) is 0.570. The van der Waals surface area contributed by atoms with E-state index in [9.17, 15) is 0 Å². The van der Waals surface area contributed by atoms with E-state index in [2.05, 4.69) is 100 Å². The van der Waals surface area contributed by atoms with Gasteiger partial charge < -0.3 is 4.90 Å². The molecule has 0 spiro atoms. The van der Waals surface area contributed by atoms with Gasteiger partial charge in [0.2, 0.25) is 5.82 Å². The number of aromatic nitrogens is 4. The first kappa shape index (κ1) is 16.0. The Labute approximate surface area is 152 Å². The summed E-state index contributed by atoms with van der Waals surface area (Å²) >= 11 is 0. The number of rotatable bonds is 4. The van der Waals surface area contributed by atoms with E-state index in [1.54, 1.807) is 0 Å². The van der Waals surface area contributed by atoms with Crippen LogP contribution in [0.15, 0.2) is 72.8 Å². The predicted molar refractivity (Wildman–Crippen MR) is 104 cm³/mol. The summed E-state index contributed by atoms with van der Waals surface area (Å²) in [5, 5.41) is 14.2. The summed E-state index contributed by atoms with van der Waals surface area (Å²) in [7, 11) is 0. The van der Waals surface area contributed by atoms with Crippen LogP contribution in [-0.4, -0.2) is 20.6 Å². The molecule has 0 aliphatic rings. The number of hydrogen-bond donors (Lipinski definition) is 1. The minimum atomic E-state index is 0.591. The number of nitrogens with zero attached hydrogens (tertiary/aromatic N) is 4. The molecule has 0 bridgehead atoms. The normalized spacial score (nSPS) is 10.7. The largest absolute Gasteiger partial charge is 0.311 e. The summed E-state index contributed by atoms with van der Waals surface area (Å²) < 4.78 is 0. The van der Waals surface area contributed by atoms with Crippen molar-refractivity contribution in [3.05, 3.63) is 83.9 Å². The summed E-state index contributed by atoms with van der Waals surface area (Å²) in [5.74, 6) is 0.591. The molecular weight excluding hydrogens is 322 g/mol. The third kappa shape index (κ3) is 3.19. The molecule has 4 rings (SSSR count). The zero-order chi connectivity index (χ0) is 17.9. The highest BCUT2D eigenvalue weighted by molar-refractivity contribution is 5.77. The van der Waals surface area contributed by atoms with Crippen LogP contribution in [0.25, 0.3) is 11.4 Å². The lowest BCUT2D eigenvalue weighted by molar-refractivity contribution is 0.881. The van der Waals surface area contributed by atoms with Crippen molar-refractivity contribution in [1.29, 1.82) is 0 Å². The van der Waals surface area contributed by atoms with Crippen LogP contribution >= 0.6 is 0 Å². The van der Waals surface area contributed by atoms with E-state index < -0.39 is 0 Å². The summed E-state index contributed by atoms with van der Waals surface area (Å²) in [6.45, 7) is 4.19. The number of benzene rings is 3. The smallest absolute Gasteiger partial charge is 0.204 e. The Morgan fingerprint density at radius 2 is 1.12 bits per heavy atom. The van der Waals surface area contributed by atoms with Gasteiger partial charge in [0.1, 0.15) is 0 Å². The molecule has 0 fully saturated rings. The van der Waals surface area contributed by atoms with E-state index in [-0.39, 0.29) is 0 Å². The van der Waals surface area contributed by atoms with Crippen LogP contribution in [-0.2, 0) is 0 Å². The fourth-order valence-electron chi connectivity index (χ4n) is 2.88. The van der Waals surface area contributed by atoms with Crippen molar-refractivity contribution in [3.63, 3.8) is 0 Å². The second-order valence-corrected chi connectivity index (χ2v) is 6.29. The lowest BCUT2D eigenvalue weighted by Crippen LogP contribution is -2.09. The van der Waals surface area contributed by atoms with Crippen LogP contribution < -0.4 is 4.90 Å². The van der Waals surface area contributed by atoms with Gasteiger partial charge in [-0.05, 0) is 67.6 Å². The number of hydrogen-bond acceptors (Lipinski definition) is 4. The lowest BCUT2D eigenvalue weighted by atomic mass is 10.1. The van der Waals surface area contributed by atoms with Gasteiger partial charge in [-0.1, -0.05) is 35.4 Å². The minimum absolute atomic E-state index is 0.591. The number of anilines is 3. The molecule has 0 amide bonds. The van der Waals surface area contributed by atoms with E-state index in [0.29, 0.717) is 5.82 Å². The molecule has 0 saturated carbocycles. The van der Waals surface area contributed by atoms with Gasteiger partial charge in [0.15, 0.2) is 0 Å². The molecule has 26 heavy (non-hydrogen) atoms. The Bertz CT molecular complexity index is 927. The van der Waals surface area contributed by atoms with Crippen LogP contribution in [0.2, 0.25) is 0 Å². The molecule has 128 valence electrons. The molecule has 0 aliphatic carbocycles. The first-order valence-corrected chi connectivity index (χ1v) is 8.48. The van der Waals surface area contributed by atoms with Crippen molar-refractivity contribution in [1.82, 2.24) is 20.6 Å². The van der Waals surface area contributed by atoms with Gasteiger partial charge in [0, 0.05) is 22.6 Å². The molecule has 0 atom stereocenters. The SMILES string of the molecule is Cc1ccc(N(c2ccc(C)cc2)c2ccc(-c3nn[nH]n3)cc2)cc1. The number of aromatic amines is 1. The van der Waals surface area contributed by atoms with Gasteiger partial charge in [-0.3, -0.25) is 0 Å². The van der Waals surface area contributed by atoms with Crippen molar-refractivity contribution in [2.45, 2.75) is 13.8 Å². The maximum Gasteiger partial charge on any atom is 0.204 e. The van der Waals surface area contributed by atoms with Crippen LogP contribution in [0, 0.1) is 13.8 Å². The molecule has 1 N–H and O–H groups in total. The molecule has 0 unspecified atom stereocenters. The van der Waals surface area contributed by atoms with E-state index in [1.165, 1.54) is 11.1 Å². The monoisotopic (exact) mass is 341 g/mol. The van der Waals surface area contributed by atoms with Crippen LogP contribution in [0.5, 0.6) is 0 Å². The van der Waals surface area contributed by atoms with Crippen LogP contribution in [0.1, 0.15) is 11.1 Å². The molecule has 1 aromatic heterocycles. The van der Waals surface area contributed by atoms with Gasteiger partial charge in [0.25, 0.3) is 0 Å². The van der Waals surface area contributed by atoms with E-state index >= 15 is 0 Å². The second kappa shape index (κ2) is 6.80. The highest BCUT2D eigenvalue weighted by Gasteiger charge is 2.13. The van der Waals surface area contributed by atoms with E-state index in [0.717, 1.165) is 22.6 Å². The summed E-state index contributed by atoms with van der Waals surface area (Å²) in [6, 6.07) is 25.2. The van der Waals surface area contributed by atoms with Gasteiger partial charge in [-0.25, -0.2) is 0 Å². The fourth-order valence-corrected chi connectivity index (χ4v) is 2.88. The van der Waals surface area contributed by atoms with E-state index in [1.807, 2.05) is 12.1 Å². The van der Waals surface area contributed by atoms with E-state index in [4.69, 9.17) is 0 Å². The van der Waals surface area contributed by atoms with Crippen LogP contribution in [0.3, 0.4) is 0 Å². The Balaban J connectivity index is 1.77. The number of H-pyrrole nitrogens is 1. The average Bonchev–Trinajstić information content (AvgIpc) is 3.20. The van der Waals surface area contributed by atoms with Gasteiger partial charge in [-0.15, -0.1) is 10.2 Å². The minimum Gasteiger partial charge on any atom is -0.311 e. The fraction of sp³-hybridized carbons (Fsp3) is 0.0952. The summed E-state index contributed by atoms with van der Waals surface area (Å²) in [5.41, 5.74) is 6.72. The molecular formula is C21H19N5. The maximum absolute atomic E-state index is 4.04. The second-order valence-electron chi connectivity index (χ2n) is 6.29. The first-order valence-electron chi connectivity index (χ1n) is 8.48. The highest BCUT2D eigenvalue weighted by atomic mass is 15.5. The Morgan fingerprint density at radius 1 is 0.654 bits per heavy atom. The molecule has 4 aromatic rings. The van der Waals surface area contributed by atoms with Crippen molar-refractivity contribution >= 4 is 17.1 Å². The predicted octanol–water partition coefficient (Wildman–Crippen LogP) is 4.95. The van der Waals surface area contributed by atoms with Crippen molar-refractivity contribution in [2.24, 2.45) is 0 Å². The molecule has 1 heterocycles. The number of nitrogens with one attached hydrogen (secondary N) is 1. The number of aryl methyl sites for hydroxylation is 2. The molecule has 0 radical (unpaired) electrons. The Hall–Kier alpha value is -3.47. The van der Waals surface area contributed by atoms with Crippen molar-refractivity contribution in [2.75, 3.05) is 4.90 Å². The maximum atomic E-state index is 4.04. The topological polar surface area (TPSA) is 57.7 Å². The Kier molecular flexibility index (Phi) is 4.19. The standard InChI is InChI=1S/C21H19N5/c1-15-3-9-18(10-4-15)26(19-11-5-16(2)6-12-19)20-13-7-17(8-14-20)21-22-24-25-23-21/h3-14H,1-2H3,(H,22,23,24,25). The number of tetrazole rings is 1.